The van der Waals surface area contributed by atoms with Crippen LogP contribution >= 0.6 is 11.8 Å². The van der Waals surface area contributed by atoms with Crippen LogP contribution in [0.3, 0.4) is 0 Å². The summed E-state index contributed by atoms with van der Waals surface area (Å²) in [6, 6.07) is 5.02. The van der Waals surface area contributed by atoms with Crippen molar-refractivity contribution < 1.29 is 4.39 Å². The molecule has 0 amide bonds. The largest absolute Gasteiger partial charge is 0.344 e. The predicted octanol–water partition coefficient (Wildman–Crippen LogP) is 2.09. The van der Waals surface area contributed by atoms with Crippen LogP contribution in [-0.4, -0.2) is 20.8 Å². The summed E-state index contributed by atoms with van der Waals surface area (Å²) in [5.74, 6) is -0.270. The highest BCUT2D eigenvalue weighted by atomic mass is 32.2. The Morgan fingerprint density at radius 2 is 2.33 bits per heavy atom. The molecule has 0 radical (unpaired) electrons. The average Bonchev–Trinajstić information content (AvgIpc) is 3.19. The van der Waals surface area contributed by atoms with Crippen LogP contribution in [0.15, 0.2) is 33.0 Å². The zero-order valence-corrected chi connectivity index (χ0v) is 12.5. The van der Waals surface area contributed by atoms with E-state index in [4.69, 9.17) is 5.73 Å². The first kappa shape index (κ1) is 14.3. The Balaban J connectivity index is 1.95. The molecule has 112 valence electrons. The van der Waals surface area contributed by atoms with Crippen molar-refractivity contribution in [1.29, 1.82) is 0 Å². The SMILES string of the molecule is CC(N)Cc1c(F)cccc1Sc1n[nH]c(=O)n1C1CC1. The number of nitrogens with zero attached hydrogens (tertiary/aromatic N) is 2. The first-order valence-electron chi connectivity index (χ1n) is 6.94. The van der Waals surface area contributed by atoms with Crippen LogP contribution in [0.1, 0.15) is 31.4 Å². The number of aromatic amines is 1. The molecule has 7 heteroatoms. The molecule has 0 spiro atoms. The van der Waals surface area contributed by atoms with Crippen molar-refractivity contribution in [3.63, 3.8) is 0 Å². The van der Waals surface area contributed by atoms with Crippen LogP contribution in [0.4, 0.5) is 4.39 Å². The summed E-state index contributed by atoms with van der Waals surface area (Å²) in [5, 5.41) is 7.11. The second-order valence-corrected chi connectivity index (χ2v) is 6.42. The van der Waals surface area contributed by atoms with Gasteiger partial charge in [0.15, 0.2) is 5.16 Å². The highest BCUT2D eigenvalue weighted by molar-refractivity contribution is 7.99. The number of benzene rings is 1. The first-order valence-corrected chi connectivity index (χ1v) is 7.75. The van der Waals surface area contributed by atoms with Gasteiger partial charge in [0.2, 0.25) is 0 Å². The maximum atomic E-state index is 14.0. The Kier molecular flexibility index (Phi) is 3.86. The molecule has 3 N–H and O–H groups in total. The number of nitrogens with one attached hydrogen (secondary N) is 1. The highest BCUT2D eigenvalue weighted by Gasteiger charge is 2.29. The minimum Gasteiger partial charge on any atom is -0.328 e. The van der Waals surface area contributed by atoms with E-state index in [0.29, 0.717) is 17.1 Å². The van der Waals surface area contributed by atoms with Crippen molar-refractivity contribution in [3.8, 4) is 0 Å². The molecule has 1 aliphatic rings. The molecule has 1 fully saturated rings. The fourth-order valence-corrected chi connectivity index (χ4v) is 3.34. The minimum absolute atomic E-state index is 0.133. The van der Waals surface area contributed by atoms with Crippen molar-refractivity contribution >= 4 is 11.8 Å². The summed E-state index contributed by atoms with van der Waals surface area (Å²) >= 11 is 1.31. The summed E-state index contributed by atoms with van der Waals surface area (Å²) < 4.78 is 15.7. The van der Waals surface area contributed by atoms with Gasteiger partial charge in [-0.2, -0.15) is 0 Å². The van der Waals surface area contributed by atoms with Gasteiger partial charge in [-0.15, -0.1) is 5.10 Å². The first-order chi connectivity index (χ1) is 10.1. The van der Waals surface area contributed by atoms with E-state index >= 15 is 0 Å². The molecule has 1 atom stereocenters. The third kappa shape index (κ3) is 3.03. The van der Waals surface area contributed by atoms with E-state index in [1.807, 2.05) is 13.0 Å². The fraction of sp³-hybridized carbons (Fsp3) is 0.429. The van der Waals surface area contributed by atoms with Crippen LogP contribution < -0.4 is 11.4 Å². The van der Waals surface area contributed by atoms with Gasteiger partial charge in [-0.05, 0) is 50.1 Å². The maximum absolute atomic E-state index is 14.0. The zero-order valence-electron chi connectivity index (χ0n) is 11.7. The van der Waals surface area contributed by atoms with Crippen molar-refractivity contribution in [3.05, 3.63) is 40.1 Å². The van der Waals surface area contributed by atoms with Crippen LogP contribution in [0.2, 0.25) is 0 Å². The molecule has 0 saturated heterocycles. The second kappa shape index (κ2) is 5.65. The van der Waals surface area contributed by atoms with E-state index < -0.39 is 0 Å². The molecule has 0 bridgehead atoms. The number of nitrogens with two attached hydrogens (primary N) is 1. The molecule has 1 heterocycles. The quantitative estimate of drug-likeness (QED) is 0.886. The van der Waals surface area contributed by atoms with Crippen molar-refractivity contribution in [2.24, 2.45) is 5.73 Å². The molecule has 1 aliphatic carbocycles. The van der Waals surface area contributed by atoms with E-state index in [-0.39, 0.29) is 23.6 Å². The monoisotopic (exact) mass is 308 g/mol. The van der Waals surface area contributed by atoms with E-state index in [1.54, 1.807) is 10.6 Å². The average molecular weight is 308 g/mol. The van der Waals surface area contributed by atoms with E-state index in [1.165, 1.54) is 17.8 Å². The maximum Gasteiger partial charge on any atom is 0.344 e. The molecule has 5 nitrogen and oxygen atoms in total. The van der Waals surface area contributed by atoms with Gasteiger partial charge >= 0.3 is 5.69 Å². The third-order valence-electron chi connectivity index (χ3n) is 3.39. The Labute approximate surface area is 125 Å². The number of aromatic nitrogens is 3. The van der Waals surface area contributed by atoms with Gasteiger partial charge in [-0.3, -0.25) is 4.57 Å². The summed E-state index contributed by atoms with van der Waals surface area (Å²) in [6.45, 7) is 1.84. The fourth-order valence-electron chi connectivity index (χ4n) is 2.27. The van der Waals surface area contributed by atoms with Crippen LogP contribution in [0.25, 0.3) is 0 Å². The Morgan fingerprint density at radius 1 is 1.57 bits per heavy atom. The number of hydrogen-bond donors (Lipinski definition) is 2. The van der Waals surface area contributed by atoms with E-state index in [2.05, 4.69) is 10.2 Å². The Bertz CT molecular complexity index is 705. The number of hydrogen-bond acceptors (Lipinski definition) is 4. The minimum atomic E-state index is -0.270. The third-order valence-corrected chi connectivity index (χ3v) is 4.46. The lowest BCUT2D eigenvalue weighted by atomic mass is 10.1. The standard InChI is InChI=1S/C14H17FN4OS/c1-8(16)7-10-11(15)3-2-4-12(10)21-14-18-17-13(20)19(14)9-5-6-9/h2-4,8-9H,5-7,16H2,1H3,(H,17,20). The summed E-state index contributed by atoms with van der Waals surface area (Å²) in [7, 11) is 0. The lowest BCUT2D eigenvalue weighted by Gasteiger charge is -2.12. The summed E-state index contributed by atoms with van der Waals surface area (Å²) in [6.07, 6.45) is 2.43. The molecule has 21 heavy (non-hydrogen) atoms. The van der Waals surface area contributed by atoms with E-state index in [0.717, 1.165) is 17.7 Å². The van der Waals surface area contributed by atoms with Crippen LogP contribution in [0, 0.1) is 5.82 Å². The predicted molar refractivity (Wildman–Crippen MR) is 79.0 cm³/mol. The zero-order chi connectivity index (χ0) is 15.0. The van der Waals surface area contributed by atoms with Crippen molar-refractivity contribution in [2.45, 2.75) is 48.3 Å². The molecular weight excluding hydrogens is 291 g/mol. The van der Waals surface area contributed by atoms with Gasteiger partial charge in [-0.25, -0.2) is 14.3 Å². The number of rotatable bonds is 5. The van der Waals surface area contributed by atoms with E-state index in [9.17, 15) is 9.18 Å². The lowest BCUT2D eigenvalue weighted by molar-refractivity contribution is 0.588. The van der Waals surface area contributed by atoms with Crippen LogP contribution in [-0.2, 0) is 6.42 Å². The van der Waals surface area contributed by atoms with Gasteiger partial charge in [-0.1, -0.05) is 6.07 Å². The van der Waals surface area contributed by atoms with Gasteiger partial charge in [0.05, 0.1) is 0 Å². The molecule has 1 unspecified atom stereocenters. The molecule has 1 saturated carbocycles. The Hall–Kier alpha value is -1.60. The Morgan fingerprint density at radius 3 is 3.00 bits per heavy atom. The molecule has 2 aromatic rings. The lowest BCUT2D eigenvalue weighted by Crippen LogP contribution is -2.19. The smallest absolute Gasteiger partial charge is 0.328 e. The molecule has 1 aromatic heterocycles. The molecule has 1 aromatic carbocycles. The summed E-state index contributed by atoms with van der Waals surface area (Å²) in [5.41, 5.74) is 6.17. The van der Waals surface area contributed by atoms with Gasteiger partial charge in [0.25, 0.3) is 0 Å². The number of halogens is 1. The number of H-pyrrole nitrogens is 1. The molecular formula is C14H17FN4OS. The van der Waals surface area contributed by atoms with Crippen molar-refractivity contribution in [2.75, 3.05) is 0 Å². The molecule has 0 aliphatic heterocycles. The highest BCUT2D eigenvalue weighted by Crippen LogP contribution is 2.38. The normalized spacial score (nSPS) is 16.1. The molecule has 3 rings (SSSR count). The van der Waals surface area contributed by atoms with Crippen molar-refractivity contribution in [1.82, 2.24) is 14.8 Å². The van der Waals surface area contributed by atoms with Gasteiger partial charge in [0.1, 0.15) is 5.82 Å². The van der Waals surface area contributed by atoms with Crippen LogP contribution in [0.5, 0.6) is 0 Å². The summed E-state index contributed by atoms with van der Waals surface area (Å²) in [4.78, 5) is 12.5. The van der Waals surface area contributed by atoms with Gasteiger partial charge < -0.3 is 5.73 Å². The van der Waals surface area contributed by atoms with Gasteiger partial charge in [0, 0.05) is 22.5 Å². The second-order valence-electron chi connectivity index (χ2n) is 5.41. The topological polar surface area (TPSA) is 76.7 Å².